The second kappa shape index (κ2) is 7.69. The molecule has 3 heteroatoms. The molecule has 0 fully saturated rings. The molecule has 0 aliphatic heterocycles. The van der Waals surface area contributed by atoms with E-state index in [1.807, 2.05) is 11.8 Å². The molecule has 0 rings (SSSR count). The highest BCUT2D eigenvalue weighted by Crippen LogP contribution is 2.13. The predicted molar refractivity (Wildman–Crippen MR) is 64.6 cm³/mol. The fourth-order valence-corrected chi connectivity index (χ4v) is 1.83. The Kier molecular flexibility index (Phi) is 7.39. The van der Waals surface area contributed by atoms with E-state index in [1.54, 1.807) is 0 Å². The van der Waals surface area contributed by atoms with Crippen LogP contribution in [0.5, 0.6) is 0 Å². The fourth-order valence-electron chi connectivity index (χ4n) is 1.83. The molecule has 0 aromatic carbocycles. The lowest BCUT2D eigenvalue weighted by atomic mass is 10.0. The molecule has 0 saturated heterocycles. The third-order valence-corrected chi connectivity index (χ3v) is 3.02. The molecule has 2 atom stereocenters. The van der Waals surface area contributed by atoms with Crippen molar-refractivity contribution in [2.24, 2.45) is 11.7 Å². The third-order valence-electron chi connectivity index (χ3n) is 3.02. The Morgan fingerprint density at radius 3 is 2.27 bits per heavy atom. The first-order valence-corrected chi connectivity index (χ1v) is 6.12. The quantitative estimate of drug-likeness (QED) is 0.704. The zero-order valence-corrected chi connectivity index (χ0v) is 10.6. The van der Waals surface area contributed by atoms with Gasteiger partial charge in [0, 0.05) is 19.1 Å². The molecule has 3 nitrogen and oxygen atoms in total. The second-order valence-corrected chi connectivity index (χ2v) is 4.10. The summed E-state index contributed by atoms with van der Waals surface area (Å²) in [5, 5.41) is 0. The molecule has 0 saturated carbocycles. The van der Waals surface area contributed by atoms with Gasteiger partial charge in [-0.25, -0.2) is 0 Å². The van der Waals surface area contributed by atoms with Crippen molar-refractivity contribution in [1.29, 1.82) is 0 Å². The minimum absolute atomic E-state index is 0.0175. The van der Waals surface area contributed by atoms with E-state index in [1.165, 1.54) is 0 Å². The van der Waals surface area contributed by atoms with E-state index in [0.29, 0.717) is 12.6 Å². The lowest BCUT2D eigenvalue weighted by Crippen LogP contribution is -2.43. The van der Waals surface area contributed by atoms with E-state index < -0.39 is 0 Å². The van der Waals surface area contributed by atoms with Gasteiger partial charge in [0.1, 0.15) is 0 Å². The minimum atomic E-state index is 0.0175. The van der Waals surface area contributed by atoms with Crippen LogP contribution in [0.1, 0.15) is 47.0 Å². The summed E-state index contributed by atoms with van der Waals surface area (Å²) < 4.78 is 0. The lowest BCUT2D eigenvalue weighted by Gasteiger charge is -2.30. The number of hydrogen-bond acceptors (Lipinski definition) is 2. The third kappa shape index (κ3) is 4.20. The first kappa shape index (κ1) is 14.4. The zero-order chi connectivity index (χ0) is 11.8. The smallest absolute Gasteiger partial charge is 0.227 e. The molecule has 0 aliphatic rings. The first-order chi connectivity index (χ1) is 7.12. The molecule has 0 bridgehead atoms. The van der Waals surface area contributed by atoms with Crippen LogP contribution in [0.25, 0.3) is 0 Å². The van der Waals surface area contributed by atoms with Crippen LogP contribution < -0.4 is 5.73 Å². The Hall–Kier alpha value is -0.570. The Morgan fingerprint density at radius 2 is 1.93 bits per heavy atom. The summed E-state index contributed by atoms with van der Waals surface area (Å²) in [5.41, 5.74) is 5.65. The van der Waals surface area contributed by atoms with Gasteiger partial charge in [0.05, 0.1) is 5.92 Å². The van der Waals surface area contributed by atoms with Gasteiger partial charge in [-0.3, -0.25) is 4.79 Å². The van der Waals surface area contributed by atoms with Crippen molar-refractivity contribution in [3.63, 3.8) is 0 Å². The molecule has 90 valence electrons. The number of nitrogens with two attached hydrogens (primary N) is 1. The lowest BCUT2D eigenvalue weighted by molar-refractivity contribution is -0.137. The Morgan fingerprint density at radius 1 is 1.33 bits per heavy atom. The zero-order valence-electron chi connectivity index (χ0n) is 10.6. The van der Waals surface area contributed by atoms with Crippen LogP contribution in [0.4, 0.5) is 0 Å². The standard InChI is InChI=1S/C12H26N2O/c1-5-8-11(9-13)12(15)14(7-3)10(4)6-2/h10-11H,5-9,13H2,1-4H3. The van der Waals surface area contributed by atoms with Gasteiger partial charge in [0.25, 0.3) is 0 Å². The number of carbonyl (C=O) groups excluding carboxylic acids is 1. The van der Waals surface area contributed by atoms with Crippen LogP contribution in [0, 0.1) is 5.92 Å². The molecule has 2 unspecified atom stereocenters. The number of rotatable bonds is 7. The van der Waals surface area contributed by atoms with Crippen molar-refractivity contribution in [2.75, 3.05) is 13.1 Å². The van der Waals surface area contributed by atoms with Crippen molar-refractivity contribution < 1.29 is 4.79 Å². The van der Waals surface area contributed by atoms with Crippen LogP contribution in [-0.4, -0.2) is 29.9 Å². The van der Waals surface area contributed by atoms with Gasteiger partial charge in [0.15, 0.2) is 0 Å². The number of amides is 1. The molecule has 0 aliphatic carbocycles. The maximum Gasteiger partial charge on any atom is 0.227 e. The topological polar surface area (TPSA) is 46.3 Å². The first-order valence-electron chi connectivity index (χ1n) is 6.12. The van der Waals surface area contributed by atoms with Gasteiger partial charge in [-0.2, -0.15) is 0 Å². The fraction of sp³-hybridized carbons (Fsp3) is 0.917. The molecule has 0 aromatic rings. The molecular formula is C12H26N2O. The second-order valence-electron chi connectivity index (χ2n) is 4.10. The number of carbonyl (C=O) groups is 1. The largest absolute Gasteiger partial charge is 0.340 e. The Labute approximate surface area is 94.0 Å². The summed E-state index contributed by atoms with van der Waals surface area (Å²) >= 11 is 0. The maximum atomic E-state index is 12.1. The van der Waals surface area contributed by atoms with Crippen molar-refractivity contribution in [3.8, 4) is 0 Å². The Bertz CT molecular complexity index is 182. The molecule has 0 spiro atoms. The van der Waals surface area contributed by atoms with Crippen molar-refractivity contribution >= 4 is 5.91 Å². The van der Waals surface area contributed by atoms with Crippen LogP contribution >= 0.6 is 0 Å². The summed E-state index contributed by atoms with van der Waals surface area (Å²) in [6.07, 6.45) is 2.93. The minimum Gasteiger partial charge on any atom is -0.340 e. The average molecular weight is 214 g/mol. The predicted octanol–water partition coefficient (Wildman–Crippen LogP) is 2.01. The van der Waals surface area contributed by atoms with E-state index in [4.69, 9.17) is 5.73 Å². The van der Waals surface area contributed by atoms with E-state index in [2.05, 4.69) is 20.8 Å². The van der Waals surface area contributed by atoms with Gasteiger partial charge >= 0.3 is 0 Å². The van der Waals surface area contributed by atoms with Gasteiger partial charge < -0.3 is 10.6 Å². The van der Waals surface area contributed by atoms with Crippen molar-refractivity contribution in [3.05, 3.63) is 0 Å². The summed E-state index contributed by atoms with van der Waals surface area (Å²) in [7, 11) is 0. The van der Waals surface area contributed by atoms with Crippen LogP contribution in [0.15, 0.2) is 0 Å². The molecule has 1 amide bonds. The van der Waals surface area contributed by atoms with Gasteiger partial charge in [0.2, 0.25) is 5.91 Å². The van der Waals surface area contributed by atoms with Crippen molar-refractivity contribution in [2.45, 2.75) is 53.0 Å². The Balaban J connectivity index is 4.46. The molecule has 0 aromatic heterocycles. The highest BCUT2D eigenvalue weighted by atomic mass is 16.2. The van der Waals surface area contributed by atoms with E-state index in [9.17, 15) is 4.79 Å². The summed E-state index contributed by atoms with van der Waals surface area (Å²) in [4.78, 5) is 14.1. The molecular weight excluding hydrogens is 188 g/mol. The molecule has 0 heterocycles. The SMILES string of the molecule is CCCC(CN)C(=O)N(CC)C(C)CC. The van der Waals surface area contributed by atoms with Crippen LogP contribution in [-0.2, 0) is 4.79 Å². The van der Waals surface area contributed by atoms with Gasteiger partial charge in [-0.15, -0.1) is 0 Å². The monoisotopic (exact) mass is 214 g/mol. The molecule has 15 heavy (non-hydrogen) atoms. The maximum absolute atomic E-state index is 12.1. The van der Waals surface area contributed by atoms with Gasteiger partial charge in [-0.1, -0.05) is 20.3 Å². The summed E-state index contributed by atoms with van der Waals surface area (Å²) in [5.74, 6) is 0.250. The van der Waals surface area contributed by atoms with E-state index in [0.717, 1.165) is 25.8 Å². The van der Waals surface area contributed by atoms with E-state index in [-0.39, 0.29) is 11.8 Å². The highest BCUT2D eigenvalue weighted by Gasteiger charge is 2.24. The summed E-state index contributed by atoms with van der Waals surface area (Å²) in [6, 6.07) is 0.327. The van der Waals surface area contributed by atoms with E-state index >= 15 is 0 Å². The van der Waals surface area contributed by atoms with Gasteiger partial charge in [-0.05, 0) is 26.7 Å². The number of hydrogen-bond donors (Lipinski definition) is 1. The average Bonchev–Trinajstić information content (AvgIpc) is 2.26. The van der Waals surface area contributed by atoms with Crippen LogP contribution in [0.2, 0.25) is 0 Å². The normalized spacial score (nSPS) is 14.7. The molecule has 2 N–H and O–H groups in total. The highest BCUT2D eigenvalue weighted by molar-refractivity contribution is 5.79. The summed E-state index contributed by atoms with van der Waals surface area (Å²) in [6.45, 7) is 9.59. The van der Waals surface area contributed by atoms with Crippen LogP contribution in [0.3, 0.4) is 0 Å². The number of nitrogens with zero attached hydrogens (tertiary/aromatic N) is 1. The molecule has 0 radical (unpaired) electrons. The van der Waals surface area contributed by atoms with Crippen molar-refractivity contribution in [1.82, 2.24) is 4.90 Å².